The SMILES string of the molecule is CC(C)[Si](c1sc(Br)c2c1C(F)(F)C(F)(F)C2(F)F)(C(C)C)C(C)C. The molecular weight excluding hydrogens is 446 g/mol. The molecule has 1 aromatic rings. The minimum absolute atomic E-state index is 0.0687. The smallest absolute Gasteiger partial charge is 0.194 e. The average Bonchev–Trinajstić information content (AvgIpc) is 2.80. The fourth-order valence-corrected chi connectivity index (χ4v) is 16.2. The normalized spacial score (nSPS) is 21.4. The highest BCUT2D eigenvalue weighted by Gasteiger charge is 2.81. The highest BCUT2D eigenvalue weighted by atomic mass is 79.9. The molecule has 1 aliphatic rings. The zero-order valence-corrected chi connectivity index (χ0v) is 18.2. The van der Waals surface area contributed by atoms with Gasteiger partial charge < -0.3 is 0 Å². The van der Waals surface area contributed by atoms with Gasteiger partial charge in [0.15, 0.2) is 0 Å². The quantitative estimate of drug-likeness (QED) is 0.324. The molecule has 0 saturated carbocycles. The van der Waals surface area contributed by atoms with Gasteiger partial charge in [0.1, 0.15) is 8.07 Å². The zero-order valence-electron chi connectivity index (χ0n) is 14.8. The predicted octanol–water partition coefficient (Wildman–Crippen LogP) is 7.23. The van der Waals surface area contributed by atoms with Crippen LogP contribution in [0.25, 0.3) is 0 Å². The largest absolute Gasteiger partial charge is 0.380 e. The van der Waals surface area contributed by atoms with Crippen molar-refractivity contribution in [1.29, 1.82) is 0 Å². The highest BCUT2D eigenvalue weighted by Crippen LogP contribution is 2.66. The van der Waals surface area contributed by atoms with Crippen LogP contribution in [0.1, 0.15) is 52.7 Å². The monoisotopic (exact) mass is 466 g/mol. The Labute approximate surface area is 157 Å². The van der Waals surface area contributed by atoms with Crippen molar-refractivity contribution in [2.24, 2.45) is 0 Å². The van der Waals surface area contributed by atoms with Gasteiger partial charge in [0.25, 0.3) is 0 Å². The van der Waals surface area contributed by atoms with Crippen LogP contribution in [0.15, 0.2) is 3.79 Å². The van der Waals surface area contributed by atoms with Gasteiger partial charge in [0.05, 0.1) is 9.35 Å². The van der Waals surface area contributed by atoms with Gasteiger partial charge in [-0.1, -0.05) is 41.5 Å². The van der Waals surface area contributed by atoms with Crippen LogP contribution in [0.2, 0.25) is 16.6 Å². The minimum Gasteiger partial charge on any atom is -0.194 e. The fraction of sp³-hybridized carbons (Fsp3) is 0.750. The van der Waals surface area contributed by atoms with Crippen molar-refractivity contribution in [3.05, 3.63) is 14.9 Å². The number of thiophene rings is 1. The molecule has 0 nitrogen and oxygen atoms in total. The molecule has 0 atom stereocenters. The van der Waals surface area contributed by atoms with E-state index in [4.69, 9.17) is 0 Å². The molecule has 0 N–H and O–H groups in total. The number of halogens is 7. The van der Waals surface area contributed by atoms with E-state index in [2.05, 4.69) is 15.9 Å². The molecule has 1 aromatic heterocycles. The number of hydrogen-bond donors (Lipinski definition) is 0. The first-order valence-corrected chi connectivity index (χ1v) is 11.9. The maximum absolute atomic E-state index is 14.6. The summed E-state index contributed by atoms with van der Waals surface area (Å²) in [6.07, 6.45) is 0. The van der Waals surface area contributed by atoms with E-state index >= 15 is 0 Å². The topological polar surface area (TPSA) is 0 Å². The van der Waals surface area contributed by atoms with E-state index in [1.165, 1.54) is 0 Å². The molecule has 0 aliphatic heterocycles. The van der Waals surface area contributed by atoms with Crippen molar-refractivity contribution < 1.29 is 26.3 Å². The van der Waals surface area contributed by atoms with Crippen molar-refractivity contribution >= 4 is 39.8 Å². The van der Waals surface area contributed by atoms with E-state index in [0.717, 1.165) is 11.3 Å². The second-order valence-electron chi connectivity index (χ2n) is 7.58. The summed E-state index contributed by atoms with van der Waals surface area (Å²) >= 11 is 3.68. The summed E-state index contributed by atoms with van der Waals surface area (Å²) in [6, 6.07) is 0. The molecule has 0 saturated heterocycles. The first-order chi connectivity index (χ1) is 11.1. The molecular formula is C16H21BrF6SSi. The molecule has 1 aliphatic carbocycles. The Morgan fingerprint density at radius 1 is 0.760 bits per heavy atom. The maximum Gasteiger partial charge on any atom is 0.380 e. The third-order valence-electron chi connectivity index (χ3n) is 5.54. The molecule has 0 aromatic carbocycles. The van der Waals surface area contributed by atoms with Crippen molar-refractivity contribution in [2.75, 3.05) is 0 Å². The third kappa shape index (κ3) is 2.36. The van der Waals surface area contributed by atoms with Gasteiger partial charge in [0, 0.05) is 10.1 Å². The van der Waals surface area contributed by atoms with Crippen LogP contribution in [-0.2, 0) is 11.8 Å². The first kappa shape index (κ1) is 21.3. The lowest BCUT2D eigenvalue weighted by molar-refractivity contribution is -0.302. The van der Waals surface area contributed by atoms with Gasteiger partial charge in [-0.15, -0.1) is 11.3 Å². The maximum atomic E-state index is 14.6. The van der Waals surface area contributed by atoms with Crippen LogP contribution < -0.4 is 4.50 Å². The van der Waals surface area contributed by atoms with Crippen LogP contribution >= 0.6 is 27.3 Å². The van der Waals surface area contributed by atoms with E-state index in [-0.39, 0.29) is 24.9 Å². The molecule has 9 heteroatoms. The summed E-state index contributed by atoms with van der Waals surface area (Å²) < 4.78 is 85.4. The molecule has 0 bridgehead atoms. The Morgan fingerprint density at radius 3 is 1.48 bits per heavy atom. The Morgan fingerprint density at radius 2 is 1.12 bits per heavy atom. The zero-order chi connectivity index (χ0) is 19.7. The summed E-state index contributed by atoms with van der Waals surface area (Å²) in [6.45, 7) is 11.2. The van der Waals surface area contributed by atoms with Crippen molar-refractivity contribution in [2.45, 2.75) is 75.9 Å². The lowest BCUT2D eigenvalue weighted by Crippen LogP contribution is -2.57. The van der Waals surface area contributed by atoms with Gasteiger partial charge in [0.2, 0.25) is 0 Å². The van der Waals surface area contributed by atoms with Crippen LogP contribution in [0.5, 0.6) is 0 Å². The van der Waals surface area contributed by atoms with Gasteiger partial charge in [-0.2, -0.15) is 26.3 Å². The third-order valence-corrected chi connectivity index (χ3v) is 15.4. The summed E-state index contributed by atoms with van der Waals surface area (Å²) in [5, 5.41) is 0. The van der Waals surface area contributed by atoms with Crippen LogP contribution in [0.3, 0.4) is 0 Å². The molecule has 0 fully saturated rings. The Kier molecular flexibility index (Phi) is 5.10. The Balaban J connectivity index is 2.97. The second kappa shape index (κ2) is 5.99. The van der Waals surface area contributed by atoms with Gasteiger partial charge in [-0.3, -0.25) is 0 Å². The predicted molar refractivity (Wildman–Crippen MR) is 95.4 cm³/mol. The minimum atomic E-state index is -5.43. The molecule has 2 rings (SSSR count). The Hall–Kier alpha value is -0.0231. The van der Waals surface area contributed by atoms with E-state index in [9.17, 15) is 26.3 Å². The Bertz CT molecular complexity index is 659. The fourth-order valence-electron chi connectivity index (χ4n) is 4.59. The summed E-state index contributed by atoms with van der Waals surface area (Å²) in [4.78, 5) is 0. The number of rotatable bonds is 4. The summed E-state index contributed by atoms with van der Waals surface area (Å²) in [5.41, 5.74) is -2.55. The molecule has 25 heavy (non-hydrogen) atoms. The first-order valence-electron chi connectivity index (χ1n) is 8.06. The second-order valence-corrected chi connectivity index (χ2v) is 16.1. The molecule has 0 unspecified atom stereocenters. The number of alkyl halides is 6. The summed E-state index contributed by atoms with van der Waals surface area (Å²) in [5.74, 6) is -15.2. The van der Waals surface area contributed by atoms with Crippen LogP contribution in [-0.4, -0.2) is 14.0 Å². The van der Waals surface area contributed by atoms with Crippen LogP contribution in [0.4, 0.5) is 26.3 Å². The molecule has 0 amide bonds. The number of hydrogen-bond acceptors (Lipinski definition) is 1. The van der Waals surface area contributed by atoms with Crippen molar-refractivity contribution in [3.63, 3.8) is 0 Å². The van der Waals surface area contributed by atoms with Crippen molar-refractivity contribution in [1.82, 2.24) is 0 Å². The van der Waals surface area contributed by atoms with E-state index < -0.39 is 37.0 Å². The molecule has 144 valence electrons. The highest BCUT2D eigenvalue weighted by molar-refractivity contribution is 9.11. The lowest BCUT2D eigenvalue weighted by Gasteiger charge is -2.43. The van der Waals surface area contributed by atoms with E-state index in [1.807, 2.05) is 41.5 Å². The van der Waals surface area contributed by atoms with E-state index in [0.29, 0.717) is 0 Å². The molecule has 0 radical (unpaired) electrons. The van der Waals surface area contributed by atoms with Gasteiger partial charge in [-0.05, 0) is 32.6 Å². The van der Waals surface area contributed by atoms with Crippen LogP contribution in [0, 0.1) is 0 Å². The standard InChI is InChI=1S/C16H21BrF6SSi/c1-7(2)25(8(3)4,9(5)6)13-11-10(12(17)24-13)14(18,19)16(22,23)15(11,20)21/h7-9H,1-6H3. The van der Waals surface area contributed by atoms with E-state index in [1.54, 1.807) is 0 Å². The van der Waals surface area contributed by atoms with Crippen molar-refractivity contribution in [3.8, 4) is 0 Å². The summed E-state index contributed by atoms with van der Waals surface area (Å²) in [7, 11) is -2.81. The van der Waals surface area contributed by atoms with Gasteiger partial charge in [-0.25, -0.2) is 0 Å². The molecule has 0 spiro atoms. The number of fused-ring (bicyclic) bond motifs is 1. The molecule has 1 heterocycles. The lowest BCUT2D eigenvalue weighted by atomic mass is 10.1. The van der Waals surface area contributed by atoms with Gasteiger partial charge >= 0.3 is 17.8 Å². The average molecular weight is 467 g/mol.